The number of rotatable bonds is 5. The van der Waals surface area contributed by atoms with E-state index in [0.717, 1.165) is 17.2 Å². The lowest BCUT2D eigenvalue weighted by Crippen LogP contribution is -1.92. The first kappa shape index (κ1) is 18.5. The molecule has 0 saturated heterocycles. The number of carboxylic acids is 1. The number of aliphatic carboxylic acids is 1. The van der Waals surface area contributed by atoms with Crippen molar-refractivity contribution >= 4 is 43.9 Å². The van der Waals surface area contributed by atoms with E-state index in [0.29, 0.717) is 20.4 Å². The van der Waals surface area contributed by atoms with E-state index in [4.69, 9.17) is 9.84 Å². The third-order valence-electron chi connectivity index (χ3n) is 3.28. The Kier molecular flexibility index (Phi) is 6.07. The SMILES string of the molecule is CC(C)c1cc(Oc2c(Br)cc(/C=C/C(=O)O)cc2Br)ccc1O. The fourth-order valence-electron chi connectivity index (χ4n) is 2.12. The van der Waals surface area contributed by atoms with Gasteiger partial charge in [-0.1, -0.05) is 13.8 Å². The molecule has 6 heteroatoms. The number of aromatic hydroxyl groups is 1. The van der Waals surface area contributed by atoms with Crippen molar-refractivity contribution in [2.24, 2.45) is 0 Å². The molecule has 0 aliphatic carbocycles. The van der Waals surface area contributed by atoms with Crippen LogP contribution in [-0.2, 0) is 4.79 Å². The summed E-state index contributed by atoms with van der Waals surface area (Å²) >= 11 is 6.88. The van der Waals surface area contributed by atoms with Crippen LogP contribution in [0.3, 0.4) is 0 Å². The molecule has 2 rings (SSSR count). The molecule has 2 N–H and O–H groups in total. The van der Waals surface area contributed by atoms with Gasteiger partial charge in [-0.2, -0.15) is 0 Å². The summed E-state index contributed by atoms with van der Waals surface area (Å²) in [5, 5.41) is 18.6. The van der Waals surface area contributed by atoms with E-state index >= 15 is 0 Å². The van der Waals surface area contributed by atoms with E-state index in [-0.39, 0.29) is 11.7 Å². The molecule has 126 valence electrons. The highest BCUT2D eigenvalue weighted by atomic mass is 79.9. The number of hydrogen-bond donors (Lipinski definition) is 2. The van der Waals surface area contributed by atoms with Crippen LogP contribution in [0.25, 0.3) is 6.08 Å². The Balaban J connectivity index is 2.34. The second-order valence-electron chi connectivity index (χ2n) is 5.46. The van der Waals surface area contributed by atoms with Gasteiger partial charge < -0.3 is 14.9 Å². The minimum atomic E-state index is -1.01. The number of hydrogen-bond acceptors (Lipinski definition) is 3. The molecule has 0 aromatic heterocycles. The fraction of sp³-hybridized carbons (Fsp3) is 0.167. The zero-order valence-corrected chi connectivity index (χ0v) is 16.3. The van der Waals surface area contributed by atoms with Crippen molar-refractivity contribution in [3.8, 4) is 17.2 Å². The smallest absolute Gasteiger partial charge is 0.328 e. The summed E-state index contributed by atoms with van der Waals surface area (Å²) in [5.41, 5.74) is 1.53. The van der Waals surface area contributed by atoms with Crippen LogP contribution in [-0.4, -0.2) is 16.2 Å². The van der Waals surface area contributed by atoms with Crippen LogP contribution in [0, 0.1) is 0 Å². The third kappa shape index (κ3) is 4.61. The van der Waals surface area contributed by atoms with E-state index in [2.05, 4.69) is 31.9 Å². The molecule has 0 unspecified atom stereocenters. The van der Waals surface area contributed by atoms with Gasteiger partial charge in [-0.3, -0.25) is 0 Å². The molecule has 0 atom stereocenters. The lowest BCUT2D eigenvalue weighted by atomic mass is 10.0. The van der Waals surface area contributed by atoms with Gasteiger partial charge in [-0.15, -0.1) is 0 Å². The largest absolute Gasteiger partial charge is 0.508 e. The monoisotopic (exact) mass is 454 g/mol. The fourth-order valence-corrected chi connectivity index (χ4v) is 3.50. The summed E-state index contributed by atoms with van der Waals surface area (Å²) in [6.45, 7) is 3.99. The lowest BCUT2D eigenvalue weighted by Gasteiger charge is -2.14. The summed E-state index contributed by atoms with van der Waals surface area (Å²) in [6.07, 6.45) is 2.57. The first-order valence-electron chi connectivity index (χ1n) is 7.18. The molecule has 0 radical (unpaired) electrons. The molecule has 2 aromatic carbocycles. The Hall–Kier alpha value is -1.79. The number of benzene rings is 2. The molecule has 0 fully saturated rings. The van der Waals surface area contributed by atoms with Crippen LogP contribution < -0.4 is 4.74 Å². The molecule has 0 heterocycles. The molecule has 0 bridgehead atoms. The van der Waals surface area contributed by atoms with E-state index in [1.165, 1.54) is 6.08 Å². The van der Waals surface area contributed by atoms with Gasteiger partial charge in [0.2, 0.25) is 0 Å². The van der Waals surface area contributed by atoms with Gasteiger partial charge in [-0.05, 0) is 79.7 Å². The van der Waals surface area contributed by atoms with Crippen molar-refractivity contribution in [1.29, 1.82) is 0 Å². The molecule has 0 amide bonds. The molecule has 0 aliphatic heterocycles. The van der Waals surface area contributed by atoms with Crippen LogP contribution >= 0.6 is 31.9 Å². The molecule has 0 aliphatic rings. The highest BCUT2D eigenvalue weighted by Gasteiger charge is 2.12. The van der Waals surface area contributed by atoms with Crippen molar-refractivity contribution in [2.45, 2.75) is 19.8 Å². The lowest BCUT2D eigenvalue weighted by molar-refractivity contribution is -0.131. The van der Waals surface area contributed by atoms with E-state index in [9.17, 15) is 9.90 Å². The van der Waals surface area contributed by atoms with Crippen molar-refractivity contribution in [1.82, 2.24) is 0 Å². The van der Waals surface area contributed by atoms with Crippen LogP contribution in [0.2, 0.25) is 0 Å². The first-order valence-corrected chi connectivity index (χ1v) is 8.77. The molecule has 0 spiro atoms. The second kappa shape index (κ2) is 7.85. The Morgan fingerprint density at radius 2 is 1.79 bits per heavy atom. The highest BCUT2D eigenvalue weighted by Crippen LogP contribution is 2.39. The predicted octanol–water partition coefficient (Wildman–Crippen LogP) is 5.93. The average Bonchev–Trinajstić information content (AvgIpc) is 2.50. The van der Waals surface area contributed by atoms with Gasteiger partial charge in [0, 0.05) is 11.6 Å². The summed E-state index contributed by atoms with van der Waals surface area (Å²) in [5.74, 6) is 0.580. The van der Waals surface area contributed by atoms with E-state index in [1.54, 1.807) is 30.3 Å². The standard InChI is InChI=1S/C18H16Br2O4/c1-10(2)13-9-12(4-5-16(13)21)24-18-14(19)7-11(8-15(18)20)3-6-17(22)23/h3-10,21H,1-2H3,(H,22,23)/b6-3+. The van der Waals surface area contributed by atoms with Gasteiger partial charge in [0.25, 0.3) is 0 Å². The van der Waals surface area contributed by atoms with Crippen molar-refractivity contribution in [2.75, 3.05) is 0 Å². The maximum atomic E-state index is 10.6. The summed E-state index contributed by atoms with van der Waals surface area (Å²) in [4.78, 5) is 10.6. The van der Waals surface area contributed by atoms with E-state index in [1.807, 2.05) is 13.8 Å². The van der Waals surface area contributed by atoms with Crippen molar-refractivity contribution in [3.63, 3.8) is 0 Å². The predicted molar refractivity (Wildman–Crippen MR) is 101 cm³/mol. The zero-order chi connectivity index (χ0) is 17.9. The molecular formula is C18H16Br2O4. The van der Waals surface area contributed by atoms with E-state index < -0.39 is 5.97 Å². The molecular weight excluding hydrogens is 440 g/mol. The van der Waals surface area contributed by atoms with Crippen LogP contribution in [0.1, 0.15) is 30.9 Å². The molecule has 24 heavy (non-hydrogen) atoms. The van der Waals surface area contributed by atoms with Crippen LogP contribution in [0.5, 0.6) is 17.2 Å². The first-order chi connectivity index (χ1) is 11.3. The highest BCUT2D eigenvalue weighted by molar-refractivity contribution is 9.11. The zero-order valence-electron chi connectivity index (χ0n) is 13.1. The van der Waals surface area contributed by atoms with Gasteiger partial charge >= 0.3 is 5.97 Å². The maximum absolute atomic E-state index is 10.6. The minimum Gasteiger partial charge on any atom is -0.508 e. The number of halogens is 2. The minimum absolute atomic E-state index is 0.170. The van der Waals surface area contributed by atoms with Crippen molar-refractivity contribution < 1.29 is 19.7 Å². The molecule has 0 saturated carbocycles. The maximum Gasteiger partial charge on any atom is 0.328 e. The average molecular weight is 456 g/mol. The van der Waals surface area contributed by atoms with Gasteiger partial charge in [0.1, 0.15) is 11.5 Å². The van der Waals surface area contributed by atoms with Gasteiger partial charge in [0.05, 0.1) is 8.95 Å². The van der Waals surface area contributed by atoms with Gasteiger partial charge in [0.15, 0.2) is 5.75 Å². The number of carbonyl (C=O) groups is 1. The Morgan fingerprint density at radius 3 is 2.33 bits per heavy atom. The summed E-state index contributed by atoms with van der Waals surface area (Å²) in [6, 6.07) is 8.64. The Labute approximate surface area is 157 Å². The van der Waals surface area contributed by atoms with Crippen molar-refractivity contribution in [3.05, 3.63) is 56.5 Å². The second-order valence-corrected chi connectivity index (χ2v) is 7.17. The number of phenols is 1. The normalized spacial score (nSPS) is 11.2. The van der Waals surface area contributed by atoms with Crippen LogP contribution in [0.4, 0.5) is 0 Å². The van der Waals surface area contributed by atoms with Gasteiger partial charge in [-0.25, -0.2) is 4.79 Å². The number of ether oxygens (including phenoxy) is 1. The van der Waals surface area contributed by atoms with Crippen LogP contribution in [0.15, 0.2) is 45.4 Å². The Morgan fingerprint density at radius 1 is 1.17 bits per heavy atom. The summed E-state index contributed by atoms with van der Waals surface area (Å²) in [7, 11) is 0. The topological polar surface area (TPSA) is 66.8 Å². The summed E-state index contributed by atoms with van der Waals surface area (Å²) < 4.78 is 7.28. The number of phenolic OH excluding ortho intramolecular Hbond substituents is 1. The molecule has 4 nitrogen and oxygen atoms in total. The Bertz CT molecular complexity index is 775. The quantitative estimate of drug-likeness (QED) is 0.548. The third-order valence-corrected chi connectivity index (χ3v) is 4.46. The molecule has 2 aromatic rings. The number of carboxylic acid groups (broad SMARTS) is 1.